The van der Waals surface area contributed by atoms with Gasteiger partial charge in [-0.25, -0.2) is 9.79 Å². The molecule has 2 aromatic carbocycles. The number of benzene rings is 2. The van der Waals surface area contributed by atoms with Gasteiger partial charge in [-0.3, -0.25) is 9.36 Å². The molecule has 194 valence electrons. The quantitative estimate of drug-likeness (QED) is 0.351. The highest BCUT2D eigenvalue weighted by atomic mass is 32.1. The van der Waals surface area contributed by atoms with Crippen LogP contribution in [0.3, 0.4) is 0 Å². The molecule has 6 nitrogen and oxygen atoms in total. The fourth-order valence-corrected chi connectivity index (χ4v) is 6.25. The number of allylic oxidation sites excluding steroid dienone is 1. The maximum Gasteiger partial charge on any atom is 0.338 e. The number of fused-ring (bicyclic) bond motifs is 1. The summed E-state index contributed by atoms with van der Waals surface area (Å²) in [7, 11) is 1.36. The Balaban J connectivity index is 1.73. The Morgan fingerprint density at radius 1 is 1.08 bits per heavy atom. The average molecular weight is 526 g/mol. The Morgan fingerprint density at radius 2 is 1.82 bits per heavy atom. The molecule has 0 saturated carbocycles. The van der Waals surface area contributed by atoms with E-state index in [9.17, 15) is 9.59 Å². The number of ether oxygens (including phenoxy) is 1. The van der Waals surface area contributed by atoms with Crippen molar-refractivity contribution in [3.8, 4) is 5.69 Å². The molecule has 38 heavy (non-hydrogen) atoms. The summed E-state index contributed by atoms with van der Waals surface area (Å²) in [5.74, 6) is -0.467. The predicted octanol–water partition coefficient (Wildman–Crippen LogP) is 4.82. The van der Waals surface area contributed by atoms with Gasteiger partial charge in [0.05, 0.1) is 29.0 Å². The van der Waals surface area contributed by atoms with Crippen molar-refractivity contribution in [2.45, 2.75) is 47.1 Å². The number of carbonyl (C=O) groups excluding carboxylic acids is 1. The lowest BCUT2D eigenvalue weighted by Gasteiger charge is -2.25. The normalized spacial score (nSPS) is 15.4. The summed E-state index contributed by atoms with van der Waals surface area (Å²) in [5, 5.41) is 0. The van der Waals surface area contributed by atoms with Gasteiger partial charge < -0.3 is 9.30 Å². The van der Waals surface area contributed by atoms with Crippen molar-refractivity contribution in [3.05, 3.63) is 119 Å². The highest BCUT2D eigenvalue weighted by Gasteiger charge is 2.33. The minimum absolute atomic E-state index is 0.171. The van der Waals surface area contributed by atoms with E-state index in [0.29, 0.717) is 27.0 Å². The fraction of sp³-hybridized carbons (Fsp3) is 0.258. The van der Waals surface area contributed by atoms with Crippen LogP contribution in [0.1, 0.15) is 53.0 Å². The Bertz CT molecular complexity index is 1770. The number of aryl methyl sites for hydroxylation is 2. The Labute approximate surface area is 225 Å². The Morgan fingerprint density at radius 3 is 2.50 bits per heavy atom. The molecule has 0 spiro atoms. The lowest BCUT2D eigenvalue weighted by atomic mass is 9.95. The van der Waals surface area contributed by atoms with Gasteiger partial charge in [0.15, 0.2) is 4.80 Å². The molecular formula is C31H31N3O3S. The fourth-order valence-electron chi connectivity index (χ4n) is 5.24. The van der Waals surface area contributed by atoms with E-state index in [1.165, 1.54) is 29.6 Å². The van der Waals surface area contributed by atoms with Crippen LogP contribution in [0.4, 0.5) is 0 Å². The summed E-state index contributed by atoms with van der Waals surface area (Å²) in [4.78, 5) is 32.2. The number of carbonyl (C=O) groups is 1. The minimum Gasteiger partial charge on any atom is -0.466 e. The summed E-state index contributed by atoms with van der Waals surface area (Å²) in [6.45, 7) is 10.4. The molecule has 0 unspecified atom stereocenters. The van der Waals surface area contributed by atoms with Gasteiger partial charge in [-0.05, 0) is 74.6 Å². The van der Waals surface area contributed by atoms with Crippen molar-refractivity contribution < 1.29 is 9.53 Å². The molecule has 0 saturated heterocycles. The van der Waals surface area contributed by atoms with Crippen LogP contribution in [0.25, 0.3) is 11.8 Å². The van der Waals surface area contributed by atoms with E-state index in [-0.39, 0.29) is 5.56 Å². The van der Waals surface area contributed by atoms with Crippen molar-refractivity contribution >= 4 is 23.4 Å². The van der Waals surface area contributed by atoms with E-state index in [4.69, 9.17) is 9.73 Å². The van der Waals surface area contributed by atoms with Crippen LogP contribution < -0.4 is 14.9 Å². The number of methoxy groups -OCH3 is 1. The van der Waals surface area contributed by atoms with Crippen LogP contribution in [0, 0.1) is 27.7 Å². The zero-order chi connectivity index (χ0) is 27.1. The molecule has 0 fully saturated rings. The van der Waals surface area contributed by atoms with Crippen LogP contribution in [0.15, 0.2) is 75.7 Å². The molecule has 7 heteroatoms. The van der Waals surface area contributed by atoms with Crippen LogP contribution >= 0.6 is 11.3 Å². The summed E-state index contributed by atoms with van der Waals surface area (Å²) in [6.07, 6.45) is 2.50. The van der Waals surface area contributed by atoms with Crippen LogP contribution in [0.2, 0.25) is 0 Å². The van der Waals surface area contributed by atoms with Gasteiger partial charge in [-0.2, -0.15) is 0 Å². The first-order valence-corrected chi connectivity index (χ1v) is 13.5. The highest BCUT2D eigenvalue weighted by Crippen LogP contribution is 2.32. The zero-order valence-corrected chi connectivity index (χ0v) is 23.3. The van der Waals surface area contributed by atoms with E-state index < -0.39 is 12.0 Å². The van der Waals surface area contributed by atoms with Crippen molar-refractivity contribution in [2.24, 2.45) is 4.99 Å². The molecule has 0 bridgehead atoms. The van der Waals surface area contributed by atoms with Crippen LogP contribution in [-0.4, -0.2) is 22.2 Å². The van der Waals surface area contributed by atoms with E-state index in [1.807, 2.05) is 43.3 Å². The largest absolute Gasteiger partial charge is 0.466 e. The monoisotopic (exact) mass is 525 g/mol. The van der Waals surface area contributed by atoms with E-state index in [0.717, 1.165) is 28.2 Å². The molecule has 0 N–H and O–H groups in total. The molecule has 0 amide bonds. The number of thiazole rings is 1. The minimum atomic E-state index is -0.598. The topological polar surface area (TPSA) is 65.6 Å². The molecule has 3 heterocycles. The van der Waals surface area contributed by atoms with Crippen molar-refractivity contribution in [3.63, 3.8) is 0 Å². The van der Waals surface area contributed by atoms with Gasteiger partial charge in [0, 0.05) is 17.1 Å². The summed E-state index contributed by atoms with van der Waals surface area (Å²) < 4.78 is 9.60. The number of hydrogen-bond acceptors (Lipinski definition) is 5. The average Bonchev–Trinajstić information content (AvgIpc) is 3.38. The number of hydrogen-bond donors (Lipinski definition) is 0. The third-order valence-electron chi connectivity index (χ3n) is 7.34. The maximum atomic E-state index is 13.9. The smallest absolute Gasteiger partial charge is 0.338 e. The highest BCUT2D eigenvalue weighted by molar-refractivity contribution is 7.07. The van der Waals surface area contributed by atoms with Crippen molar-refractivity contribution in [1.82, 2.24) is 9.13 Å². The maximum absolute atomic E-state index is 13.9. The molecular weight excluding hydrogens is 494 g/mol. The van der Waals surface area contributed by atoms with Crippen LogP contribution in [0.5, 0.6) is 0 Å². The molecule has 1 aliphatic heterocycles. The molecule has 1 atom stereocenters. The molecule has 4 aromatic rings. The third kappa shape index (κ3) is 4.17. The van der Waals surface area contributed by atoms with E-state index >= 15 is 0 Å². The first-order chi connectivity index (χ1) is 18.3. The predicted molar refractivity (Wildman–Crippen MR) is 152 cm³/mol. The lowest BCUT2D eigenvalue weighted by Crippen LogP contribution is -2.40. The number of nitrogens with zero attached hydrogens (tertiary/aromatic N) is 3. The second kappa shape index (κ2) is 10.1. The summed E-state index contributed by atoms with van der Waals surface area (Å²) in [6, 6.07) is 17.4. The summed E-state index contributed by atoms with van der Waals surface area (Å²) >= 11 is 1.35. The second-order valence-corrected chi connectivity index (χ2v) is 10.6. The van der Waals surface area contributed by atoms with Gasteiger partial charge in [0.1, 0.15) is 0 Å². The van der Waals surface area contributed by atoms with Gasteiger partial charge in [-0.1, -0.05) is 60.7 Å². The number of esters is 1. The SMILES string of the molecule is CCC1=C(C(=O)OC)[C@@H](c2ccccc2)n2c(s/c(=C\c3cc(C)n(-c4cccc(C)c4C)c3C)c2=O)=N1. The zero-order valence-electron chi connectivity index (χ0n) is 22.5. The standard InChI is InChI=1S/C31H31N3O3S/c1-7-24-27(30(36)37-6)28(22-13-9-8-10-14-22)34-29(35)26(38-31(34)32-24)17-23-16-19(3)33(21(23)5)25-15-11-12-18(2)20(25)4/h8-17,28H,7H2,1-6H3/b26-17-/t28-/m1/s1. The van der Waals surface area contributed by atoms with E-state index in [1.54, 1.807) is 4.57 Å². The van der Waals surface area contributed by atoms with Crippen molar-refractivity contribution in [1.29, 1.82) is 0 Å². The van der Waals surface area contributed by atoms with Gasteiger partial charge in [-0.15, -0.1) is 0 Å². The molecule has 5 rings (SSSR count). The first-order valence-electron chi connectivity index (χ1n) is 12.7. The lowest BCUT2D eigenvalue weighted by molar-refractivity contribution is -0.136. The molecule has 0 aliphatic carbocycles. The van der Waals surface area contributed by atoms with Gasteiger partial charge in [0.2, 0.25) is 0 Å². The Kier molecular flexibility index (Phi) is 6.80. The second-order valence-electron chi connectivity index (χ2n) is 9.58. The third-order valence-corrected chi connectivity index (χ3v) is 8.32. The Hall–Kier alpha value is -3.97. The number of aromatic nitrogens is 2. The van der Waals surface area contributed by atoms with Gasteiger partial charge >= 0.3 is 5.97 Å². The molecule has 0 radical (unpaired) electrons. The number of rotatable bonds is 5. The van der Waals surface area contributed by atoms with Crippen LogP contribution in [-0.2, 0) is 9.53 Å². The molecule has 1 aliphatic rings. The van der Waals surface area contributed by atoms with Gasteiger partial charge in [0.25, 0.3) is 5.56 Å². The molecule has 2 aromatic heterocycles. The van der Waals surface area contributed by atoms with Crippen molar-refractivity contribution in [2.75, 3.05) is 7.11 Å². The summed E-state index contributed by atoms with van der Waals surface area (Å²) in [5.41, 5.74) is 8.47. The van der Waals surface area contributed by atoms with E-state index in [2.05, 4.69) is 56.5 Å². The first kappa shape index (κ1) is 25.7.